The number of hydrogen-bond acceptors (Lipinski definition) is 2. The summed E-state index contributed by atoms with van der Waals surface area (Å²) in [5.74, 6) is 0. The summed E-state index contributed by atoms with van der Waals surface area (Å²) in [7, 11) is 0. The fraction of sp³-hybridized carbons (Fsp3) is 0.600. The summed E-state index contributed by atoms with van der Waals surface area (Å²) in [6.45, 7) is 9.41. The number of anilines is 1. The van der Waals surface area contributed by atoms with Gasteiger partial charge in [0.15, 0.2) is 0 Å². The molecule has 1 fully saturated rings. The zero-order valence-electron chi connectivity index (χ0n) is 11.3. The first kappa shape index (κ1) is 12.4. The maximum atomic E-state index is 5.59. The minimum Gasteiger partial charge on any atom is -0.382 e. The van der Waals surface area contributed by atoms with Gasteiger partial charge in [0.1, 0.15) is 0 Å². The summed E-state index contributed by atoms with van der Waals surface area (Å²) in [6.07, 6.45) is 2.75. The van der Waals surface area contributed by atoms with Crippen LogP contribution in [-0.4, -0.2) is 18.8 Å². The van der Waals surface area contributed by atoms with Gasteiger partial charge in [-0.25, -0.2) is 0 Å². The minimum absolute atomic E-state index is 0.476. The minimum atomic E-state index is 0.476. The van der Waals surface area contributed by atoms with Crippen LogP contribution in [0.15, 0.2) is 12.1 Å². The smallest absolute Gasteiger partial charge is 0.0614 e. The van der Waals surface area contributed by atoms with Crippen LogP contribution >= 0.6 is 0 Å². The van der Waals surface area contributed by atoms with E-state index in [1.807, 2.05) is 0 Å². The van der Waals surface area contributed by atoms with E-state index in [1.54, 1.807) is 0 Å². The molecule has 1 aliphatic rings. The van der Waals surface area contributed by atoms with Crippen LogP contribution in [0.25, 0.3) is 0 Å². The van der Waals surface area contributed by atoms with Crippen molar-refractivity contribution in [3.8, 4) is 0 Å². The van der Waals surface area contributed by atoms with Crippen LogP contribution in [0.5, 0.6) is 0 Å². The van der Waals surface area contributed by atoms with Crippen molar-refractivity contribution in [3.63, 3.8) is 0 Å². The van der Waals surface area contributed by atoms with Gasteiger partial charge in [0, 0.05) is 18.3 Å². The molecular formula is C15H23NO. The summed E-state index contributed by atoms with van der Waals surface area (Å²) in [6, 6.07) is 5.08. The average molecular weight is 233 g/mol. The molecule has 0 radical (unpaired) electrons. The van der Waals surface area contributed by atoms with Gasteiger partial charge in [-0.1, -0.05) is 17.7 Å². The van der Waals surface area contributed by atoms with Gasteiger partial charge < -0.3 is 10.1 Å². The molecule has 0 bridgehead atoms. The van der Waals surface area contributed by atoms with Crippen LogP contribution in [0.4, 0.5) is 5.69 Å². The van der Waals surface area contributed by atoms with Gasteiger partial charge in [-0.05, 0) is 51.7 Å². The predicted molar refractivity (Wildman–Crippen MR) is 72.7 cm³/mol. The van der Waals surface area contributed by atoms with Crippen molar-refractivity contribution in [1.82, 2.24) is 0 Å². The van der Waals surface area contributed by atoms with Crippen molar-refractivity contribution in [3.05, 3.63) is 28.8 Å². The molecule has 0 aromatic heterocycles. The van der Waals surface area contributed by atoms with Crippen molar-refractivity contribution in [2.75, 3.05) is 11.9 Å². The van der Waals surface area contributed by atoms with Crippen LogP contribution in [0.2, 0.25) is 0 Å². The van der Waals surface area contributed by atoms with Crippen molar-refractivity contribution in [2.24, 2.45) is 0 Å². The van der Waals surface area contributed by atoms with E-state index in [9.17, 15) is 0 Å². The standard InChI is InChI=1S/C15H23NO/c1-5-17-14-8-13(9-14)16-15-11(3)6-10(2)7-12(15)4/h6-7,13-14,16H,5,8-9H2,1-4H3. The normalized spacial score (nSPS) is 23.3. The molecule has 2 heteroatoms. The SMILES string of the molecule is CCOC1CC(Nc2c(C)cc(C)cc2C)C1. The first-order chi connectivity index (χ1) is 8.10. The van der Waals surface area contributed by atoms with Crippen molar-refractivity contribution >= 4 is 5.69 Å². The van der Waals surface area contributed by atoms with Crippen LogP contribution in [0, 0.1) is 20.8 Å². The van der Waals surface area contributed by atoms with Crippen LogP contribution < -0.4 is 5.32 Å². The van der Waals surface area contributed by atoms with E-state index in [1.165, 1.54) is 22.4 Å². The average Bonchev–Trinajstić information content (AvgIpc) is 2.18. The summed E-state index contributed by atoms with van der Waals surface area (Å²) >= 11 is 0. The van der Waals surface area contributed by atoms with E-state index in [0.29, 0.717) is 12.1 Å². The molecule has 94 valence electrons. The number of rotatable bonds is 4. The van der Waals surface area contributed by atoms with E-state index in [2.05, 4.69) is 45.1 Å². The Balaban J connectivity index is 1.97. The third-order valence-electron chi connectivity index (χ3n) is 3.52. The molecule has 0 aliphatic heterocycles. The molecule has 0 heterocycles. The highest BCUT2D eigenvalue weighted by atomic mass is 16.5. The van der Waals surface area contributed by atoms with Gasteiger partial charge in [-0.2, -0.15) is 0 Å². The predicted octanol–water partition coefficient (Wildman–Crippen LogP) is 3.59. The first-order valence-electron chi connectivity index (χ1n) is 6.56. The summed E-state index contributed by atoms with van der Waals surface area (Å²) in [4.78, 5) is 0. The van der Waals surface area contributed by atoms with E-state index < -0.39 is 0 Å². The molecule has 17 heavy (non-hydrogen) atoms. The Morgan fingerprint density at radius 3 is 2.29 bits per heavy atom. The molecule has 0 amide bonds. The molecule has 0 unspecified atom stereocenters. The van der Waals surface area contributed by atoms with Crippen molar-refractivity contribution < 1.29 is 4.74 Å². The monoisotopic (exact) mass is 233 g/mol. The molecule has 0 saturated heterocycles. The second-order valence-electron chi connectivity index (χ2n) is 5.16. The number of nitrogens with one attached hydrogen (secondary N) is 1. The van der Waals surface area contributed by atoms with Gasteiger partial charge in [-0.3, -0.25) is 0 Å². The lowest BCUT2D eigenvalue weighted by molar-refractivity contribution is 0.00297. The lowest BCUT2D eigenvalue weighted by Crippen LogP contribution is -2.41. The largest absolute Gasteiger partial charge is 0.382 e. The molecule has 0 spiro atoms. The summed E-state index contributed by atoms with van der Waals surface area (Å²) < 4.78 is 5.59. The fourth-order valence-electron chi connectivity index (χ4n) is 2.67. The number of aryl methyl sites for hydroxylation is 3. The van der Waals surface area contributed by atoms with Gasteiger partial charge in [0.25, 0.3) is 0 Å². The zero-order chi connectivity index (χ0) is 12.4. The molecule has 1 saturated carbocycles. The maximum absolute atomic E-state index is 5.59. The Morgan fingerprint density at radius 1 is 1.18 bits per heavy atom. The molecule has 1 aromatic carbocycles. The van der Waals surface area contributed by atoms with Gasteiger partial charge in [0.2, 0.25) is 0 Å². The Morgan fingerprint density at radius 2 is 1.76 bits per heavy atom. The molecule has 2 nitrogen and oxygen atoms in total. The van der Waals surface area contributed by atoms with Gasteiger partial charge in [0.05, 0.1) is 6.10 Å². The van der Waals surface area contributed by atoms with E-state index in [4.69, 9.17) is 4.74 Å². The summed E-state index contributed by atoms with van der Waals surface area (Å²) in [5, 5.41) is 3.65. The molecule has 2 rings (SSSR count). The second-order valence-corrected chi connectivity index (χ2v) is 5.16. The number of hydrogen-bond donors (Lipinski definition) is 1. The lowest BCUT2D eigenvalue weighted by Gasteiger charge is -2.36. The number of benzene rings is 1. The van der Waals surface area contributed by atoms with Gasteiger partial charge >= 0.3 is 0 Å². The molecular weight excluding hydrogens is 210 g/mol. The van der Waals surface area contributed by atoms with E-state index >= 15 is 0 Å². The van der Waals surface area contributed by atoms with Crippen molar-refractivity contribution in [2.45, 2.75) is 52.7 Å². The van der Waals surface area contributed by atoms with E-state index in [0.717, 1.165) is 19.4 Å². The lowest BCUT2D eigenvalue weighted by atomic mass is 9.88. The Labute approximate surface area is 104 Å². The van der Waals surface area contributed by atoms with Crippen LogP contribution in [-0.2, 0) is 4.74 Å². The Hall–Kier alpha value is -1.02. The van der Waals surface area contributed by atoms with Gasteiger partial charge in [-0.15, -0.1) is 0 Å². The zero-order valence-corrected chi connectivity index (χ0v) is 11.3. The third-order valence-corrected chi connectivity index (χ3v) is 3.52. The molecule has 0 atom stereocenters. The quantitative estimate of drug-likeness (QED) is 0.858. The molecule has 1 aromatic rings. The molecule has 1 N–H and O–H groups in total. The summed E-state index contributed by atoms with van der Waals surface area (Å²) in [5.41, 5.74) is 5.35. The Bertz CT molecular complexity index is 371. The van der Waals surface area contributed by atoms with Crippen molar-refractivity contribution in [1.29, 1.82) is 0 Å². The first-order valence-corrected chi connectivity index (χ1v) is 6.56. The second kappa shape index (κ2) is 5.09. The van der Waals surface area contributed by atoms with Crippen LogP contribution in [0.1, 0.15) is 36.5 Å². The Kier molecular flexibility index (Phi) is 3.72. The molecule has 1 aliphatic carbocycles. The topological polar surface area (TPSA) is 21.3 Å². The number of ether oxygens (including phenoxy) is 1. The van der Waals surface area contributed by atoms with Crippen LogP contribution in [0.3, 0.4) is 0 Å². The highest BCUT2D eigenvalue weighted by molar-refractivity contribution is 5.59. The van der Waals surface area contributed by atoms with E-state index in [-0.39, 0.29) is 0 Å². The highest BCUT2D eigenvalue weighted by Crippen LogP contribution is 2.30. The maximum Gasteiger partial charge on any atom is 0.0614 e. The third kappa shape index (κ3) is 2.81. The fourth-order valence-corrected chi connectivity index (χ4v) is 2.67. The highest BCUT2D eigenvalue weighted by Gasteiger charge is 2.29.